The van der Waals surface area contributed by atoms with Crippen molar-refractivity contribution in [2.45, 2.75) is 20.3 Å². The van der Waals surface area contributed by atoms with E-state index in [0.29, 0.717) is 0 Å². The van der Waals surface area contributed by atoms with E-state index < -0.39 is 0 Å². The van der Waals surface area contributed by atoms with E-state index in [1.165, 1.54) is 6.42 Å². The molecule has 1 heterocycles. The summed E-state index contributed by atoms with van der Waals surface area (Å²) in [5.41, 5.74) is 0.255. The Morgan fingerprint density at radius 2 is 2.11 bits per heavy atom. The molecule has 0 saturated heterocycles. The largest absolute Gasteiger partial charge is 0.346 e. The van der Waals surface area contributed by atoms with Crippen molar-refractivity contribution in [1.82, 2.24) is 5.32 Å². The fourth-order valence-electron chi connectivity index (χ4n) is 0.713. The van der Waals surface area contributed by atoms with E-state index in [2.05, 4.69) is 31.1 Å². The SMILES string of the molecule is CC1(C)C#CNCC1.Cl. The lowest BCUT2D eigenvalue weighted by Crippen LogP contribution is -2.22. The van der Waals surface area contributed by atoms with Crippen molar-refractivity contribution >= 4 is 12.4 Å². The van der Waals surface area contributed by atoms with Gasteiger partial charge in [-0.3, -0.25) is 0 Å². The van der Waals surface area contributed by atoms with Crippen molar-refractivity contribution in [3.63, 3.8) is 0 Å². The molecule has 0 fully saturated rings. The number of halogens is 1. The Labute approximate surface area is 62.6 Å². The molecule has 1 aliphatic rings. The molecule has 52 valence electrons. The Hall–Kier alpha value is -0.350. The average molecular weight is 146 g/mol. The van der Waals surface area contributed by atoms with Gasteiger partial charge >= 0.3 is 0 Å². The Bertz CT molecular complexity index is 141. The van der Waals surface area contributed by atoms with Crippen LogP contribution in [0.4, 0.5) is 0 Å². The molecule has 1 rings (SSSR count). The van der Waals surface area contributed by atoms with Gasteiger partial charge in [-0.2, -0.15) is 0 Å². The Morgan fingerprint density at radius 3 is 2.33 bits per heavy atom. The molecule has 0 saturated carbocycles. The molecule has 0 aromatic carbocycles. The van der Waals surface area contributed by atoms with Gasteiger partial charge in [0.1, 0.15) is 0 Å². The van der Waals surface area contributed by atoms with Crippen LogP contribution in [0.15, 0.2) is 0 Å². The van der Waals surface area contributed by atoms with Crippen LogP contribution in [0, 0.1) is 17.4 Å². The molecular formula is C7H12ClN. The smallest absolute Gasteiger partial charge is 0.0293 e. The van der Waals surface area contributed by atoms with Crippen LogP contribution in [0.2, 0.25) is 0 Å². The molecule has 0 aromatic rings. The first-order valence-electron chi connectivity index (χ1n) is 2.96. The summed E-state index contributed by atoms with van der Waals surface area (Å²) in [6.45, 7) is 5.38. The van der Waals surface area contributed by atoms with Gasteiger partial charge in [-0.1, -0.05) is 5.92 Å². The molecule has 0 atom stereocenters. The summed E-state index contributed by atoms with van der Waals surface area (Å²) in [5, 5.41) is 2.98. The van der Waals surface area contributed by atoms with Gasteiger partial charge in [-0.25, -0.2) is 0 Å². The summed E-state index contributed by atoms with van der Waals surface area (Å²) >= 11 is 0. The molecule has 1 nitrogen and oxygen atoms in total. The lowest BCUT2D eigenvalue weighted by Gasteiger charge is -2.19. The van der Waals surface area contributed by atoms with Gasteiger partial charge < -0.3 is 5.32 Å². The zero-order valence-corrected chi connectivity index (χ0v) is 6.64. The predicted molar refractivity (Wildman–Crippen MR) is 41.4 cm³/mol. The lowest BCUT2D eigenvalue weighted by atomic mass is 9.89. The van der Waals surface area contributed by atoms with Crippen LogP contribution >= 0.6 is 12.4 Å². The number of hydrogen-bond acceptors (Lipinski definition) is 1. The first-order valence-corrected chi connectivity index (χ1v) is 2.96. The molecule has 0 amide bonds. The molecular weight excluding hydrogens is 134 g/mol. The second-order valence-electron chi connectivity index (χ2n) is 2.81. The molecule has 0 radical (unpaired) electrons. The maximum absolute atomic E-state index is 3.10. The molecule has 1 aliphatic heterocycles. The third-order valence-electron chi connectivity index (χ3n) is 1.36. The van der Waals surface area contributed by atoms with E-state index in [0.717, 1.165) is 6.54 Å². The molecule has 9 heavy (non-hydrogen) atoms. The van der Waals surface area contributed by atoms with Crippen LogP contribution in [0.3, 0.4) is 0 Å². The van der Waals surface area contributed by atoms with Gasteiger partial charge in [0, 0.05) is 18.0 Å². The van der Waals surface area contributed by atoms with Crippen LogP contribution in [-0.4, -0.2) is 6.54 Å². The van der Waals surface area contributed by atoms with Crippen LogP contribution < -0.4 is 5.32 Å². The summed E-state index contributed by atoms with van der Waals surface area (Å²) in [6.07, 6.45) is 1.17. The molecule has 0 spiro atoms. The van der Waals surface area contributed by atoms with E-state index in [4.69, 9.17) is 0 Å². The van der Waals surface area contributed by atoms with Gasteiger partial charge in [-0.15, -0.1) is 12.4 Å². The van der Waals surface area contributed by atoms with E-state index >= 15 is 0 Å². The van der Waals surface area contributed by atoms with E-state index in [9.17, 15) is 0 Å². The lowest BCUT2D eigenvalue weighted by molar-refractivity contribution is 0.441. The monoisotopic (exact) mass is 145 g/mol. The van der Waals surface area contributed by atoms with Crippen molar-refractivity contribution < 1.29 is 0 Å². The predicted octanol–water partition coefficient (Wildman–Crippen LogP) is 1.39. The van der Waals surface area contributed by atoms with Crippen LogP contribution in [0.5, 0.6) is 0 Å². The summed E-state index contributed by atoms with van der Waals surface area (Å²) < 4.78 is 0. The highest BCUT2D eigenvalue weighted by Gasteiger charge is 2.15. The fourth-order valence-corrected chi connectivity index (χ4v) is 0.713. The van der Waals surface area contributed by atoms with E-state index in [1.54, 1.807) is 0 Å². The van der Waals surface area contributed by atoms with Crippen molar-refractivity contribution in [3.05, 3.63) is 0 Å². The maximum Gasteiger partial charge on any atom is 0.0293 e. The third-order valence-corrected chi connectivity index (χ3v) is 1.36. The molecule has 0 bridgehead atoms. The standard InChI is InChI=1S/C7H11N.ClH/c1-7(2)3-5-8-6-4-7;/h8H,3,5H2,1-2H3;1H. The first kappa shape index (κ1) is 8.65. The van der Waals surface area contributed by atoms with Crippen LogP contribution in [-0.2, 0) is 0 Å². The Balaban J connectivity index is 0.000000640. The second-order valence-corrected chi connectivity index (χ2v) is 2.81. The topological polar surface area (TPSA) is 12.0 Å². The van der Waals surface area contributed by atoms with Crippen molar-refractivity contribution in [2.24, 2.45) is 5.41 Å². The second kappa shape index (κ2) is 2.98. The van der Waals surface area contributed by atoms with Gasteiger partial charge in [-0.05, 0) is 20.3 Å². The summed E-state index contributed by atoms with van der Waals surface area (Å²) in [4.78, 5) is 0. The van der Waals surface area contributed by atoms with Crippen LogP contribution in [0.25, 0.3) is 0 Å². The van der Waals surface area contributed by atoms with E-state index in [-0.39, 0.29) is 17.8 Å². The normalized spacial score (nSPS) is 20.2. The molecule has 0 aromatic heterocycles. The van der Waals surface area contributed by atoms with Crippen molar-refractivity contribution in [3.8, 4) is 12.0 Å². The minimum absolute atomic E-state index is 0. The van der Waals surface area contributed by atoms with Crippen molar-refractivity contribution in [2.75, 3.05) is 6.54 Å². The molecule has 0 aliphatic carbocycles. The highest BCUT2D eigenvalue weighted by molar-refractivity contribution is 5.85. The van der Waals surface area contributed by atoms with Gasteiger partial charge in [0.15, 0.2) is 0 Å². The van der Waals surface area contributed by atoms with Crippen molar-refractivity contribution in [1.29, 1.82) is 0 Å². The summed E-state index contributed by atoms with van der Waals surface area (Å²) in [5.74, 6) is 3.10. The minimum atomic E-state index is 0. The van der Waals surface area contributed by atoms with Gasteiger partial charge in [0.05, 0.1) is 0 Å². The average Bonchev–Trinajstić information content (AvgIpc) is 1.65. The third kappa shape index (κ3) is 2.62. The highest BCUT2D eigenvalue weighted by atomic mass is 35.5. The van der Waals surface area contributed by atoms with Gasteiger partial charge in [0.25, 0.3) is 0 Å². The van der Waals surface area contributed by atoms with E-state index in [1.807, 2.05) is 0 Å². The number of hydrogen-bond donors (Lipinski definition) is 1. The number of nitrogens with one attached hydrogen (secondary N) is 1. The van der Waals surface area contributed by atoms with Crippen LogP contribution in [0.1, 0.15) is 20.3 Å². The molecule has 0 unspecified atom stereocenters. The molecule has 2 heteroatoms. The fraction of sp³-hybridized carbons (Fsp3) is 0.714. The zero-order chi connectivity index (χ0) is 6.04. The zero-order valence-electron chi connectivity index (χ0n) is 5.82. The Morgan fingerprint density at radius 1 is 1.44 bits per heavy atom. The maximum atomic E-state index is 3.10. The minimum Gasteiger partial charge on any atom is -0.346 e. The highest BCUT2D eigenvalue weighted by Crippen LogP contribution is 2.18. The van der Waals surface area contributed by atoms with Gasteiger partial charge in [0.2, 0.25) is 0 Å². The quantitative estimate of drug-likeness (QED) is 0.508. The molecule has 1 N–H and O–H groups in total. The number of rotatable bonds is 0. The first-order chi connectivity index (χ1) is 3.71. The summed E-state index contributed by atoms with van der Waals surface area (Å²) in [7, 11) is 0. The summed E-state index contributed by atoms with van der Waals surface area (Å²) in [6, 6.07) is 2.88. The Kier molecular flexibility index (Phi) is 2.87.